The third-order valence-electron chi connectivity index (χ3n) is 5.18. The smallest absolute Gasteiger partial charge is 0.241 e. The van der Waals surface area contributed by atoms with E-state index in [9.17, 15) is 13.2 Å². The second-order valence-corrected chi connectivity index (χ2v) is 9.56. The third kappa shape index (κ3) is 7.18. The van der Waals surface area contributed by atoms with Crippen LogP contribution in [0.3, 0.4) is 0 Å². The minimum absolute atomic E-state index is 0.0394. The molecule has 1 heterocycles. The Morgan fingerprint density at radius 3 is 2.41 bits per heavy atom. The van der Waals surface area contributed by atoms with Gasteiger partial charge in [-0.25, -0.2) is 13.1 Å². The summed E-state index contributed by atoms with van der Waals surface area (Å²) >= 11 is 5.87. The van der Waals surface area contributed by atoms with Crippen LogP contribution in [0, 0.1) is 0 Å². The minimum Gasteiger partial charge on any atom is -0.497 e. The number of sulfonamides is 1. The van der Waals surface area contributed by atoms with Crippen LogP contribution in [0.5, 0.6) is 5.75 Å². The predicted molar refractivity (Wildman–Crippen MR) is 122 cm³/mol. The van der Waals surface area contributed by atoms with E-state index in [1.807, 2.05) is 0 Å². The summed E-state index contributed by atoms with van der Waals surface area (Å²) in [5, 5.41) is 3.33. The molecule has 10 heteroatoms. The molecule has 0 radical (unpaired) electrons. The van der Waals surface area contributed by atoms with Crippen molar-refractivity contribution in [3.63, 3.8) is 0 Å². The summed E-state index contributed by atoms with van der Waals surface area (Å²) in [7, 11) is -2.31. The lowest BCUT2D eigenvalue weighted by molar-refractivity contribution is -0.121. The van der Waals surface area contributed by atoms with Crippen LogP contribution in [0.1, 0.15) is 18.0 Å². The number of methoxy groups -OCH3 is 1. The highest BCUT2D eigenvalue weighted by molar-refractivity contribution is 7.89. The Hall–Kier alpha value is -2.17. The Balaban J connectivity index is 1.68. The van der Waals surface area contributed by atoms with Crippen molar-refractivity contribution in [3.8, 4) is 5.75 Å². The zero-order chi connectivity index (χ0) is 23.0. The van der Waals surface area contributed by atoms with Gasteiger partial charge in [-0.1, -0.05) is 23.7 Å². The number of hydrogen-bond donors (Lipinski definition) is 2. The van der Waals surface area contributed by atoms with E-state index in [-0.39, 0.29) is 17.2 Å². The molecule has 1 saturated heterocycles. The van der Waals surface area contributed by atoms with Gasteiger partial charge in [-0.3, -0.25) is 9.69 Å². The Morgan fingerprint density at radius 2 is 1.78 bits per heavy atom. The molecule has 174 valence electrons. The topological polar surface area (TPSA) is 97.0 Å². The molecule has 1 aliphatic heterocycles. The van der Waals surface area contributed by atoms with E-state index in [4.69, 9.17) is 21.1 Å². The molecule has 0 aromatic heterocycles. The fraction of sp³-hybridized carbons (Fsp3) is 0.409. The van der Waals surface area contributed by atoms with Gasteiger partial charge in [0.25, 0.3) is 0 Å². The molecule has 3 rings (SSSR count). The first kappa shape index (κ1) is 24.5. The Bertz CT molecular complexity index is 978. The molecule has 0 aliphatic carbocycles. The van der Waals surface area contributed by atoms with Crippen molar-refractivity contribution >= 4 is 27.5 Å². The molecule has 8 nitrogen and oxygen atoms in total. The molecular weight excluding hydrogens is 454 g/mol. The van der Waals surface area contributed by atoms with Crippen molar-refractivity contribution in [2.75, 3.05) is 46.5 Å². The second kappa shape index (κ2) is 11.6. The van der Waals surface area contributed by atoms with Crippen LogP contribution in [0.2, 0.25) is 5.02 Å². The molecule has 1 fully saturated rings. The number of benzene rings is 2. The molecule has 0 saturated carbocycles. The number of morpholine rings is 1. The van der Waals surface area contributed by atoms with Gasteiger partial charge in [-0.2, -0.15) is 0 Å². The average molecular weight is 482 g/mol. The first-order chi connectivity index (χ1) is 15.4. The number of amides is 1. The summed E-state index contributed by atoms with van der Waals surface area (Å²) in [5.41, 5.74) is 0.659. The number of hydrogen-bond acceptors (Lipinski definition) is 6. The zero-order valence-electron chi connectivity index (χ0n) is 17.9. The largest absolute Gasteiger partial charge is 0.497 e. The van der Waals surface area contributed by atoms with E-state index in [0.717, 1.165) is 19.6 Å². The molecule has 0 unspecified atom stereocenters. The number of nitrogens with zero attached hydrogens (tertiary/aromatic N) is 1. The summed E-state index contributed by atoms with van der Waals surface area (Å²) in [6.45, 7) is 4.27. The van der Waals surface area contributed by atoms with Crippen molar-refractivity contribution in [3.05, 3.63) is 59.1 Å². The van der Waals surface area contributed by atoms with E-state index < -0.39 is 16.1 Å². The Labute approximate surface area is 193 Å². The van der Waals surface area contributed by atoms with Gasteiger partial charge in [0.2, 0.25) is 15.9 Å². The van der Waals surface area contributed by atoms with Gasteiger partial charge in [0.1, 0.15) is 5.75 Å². The predicted octanol–water partition coefficient (Wildman–Crippen LogP) is 2.21. The summed E-state index contributed by atoms with van der Waals surface area (Å²) in [4.78, 5) is 14.9. The maximum Gasteiger partial charge on any atom is 0.241 e. The highest BCUT2D eigenvalue weighted by Gasteiger charge is 2.24. The Morgan fingerprint density at radius 1 is 1.12 bits per heavy atom. The third-order valence-corrected chi connectivity index (χ3v) is 6.92. The van der Waals surface area contributed by atoms with Gasteiger partial charge in [-0.05, 0) is 42.0 Å². The van der Waals surface area contributed by atoms with Gasteiger partial charge in [0.15, 0.2) is 0 Å². The fourth-order valence-corrected chi connectivity index (χ4v) is 4.72. The van der Waals surface area contributed by atoms with Crippen molar-refractivity contribution in [1.29, 1.82) is 0 Å². The molecule has 1 amide bonds. The van der Waals surface area contributed by atoms with Crippen LogP contribution >= 0.6 is 11.6 Å². The maximum absolute atomic E-state index is 12.9. The fourth-order valence-electron chi connectivity index (χ4n) is 3.37. The number of ether oxygens (including phenoxy) is 2. The van der Waals surface area contributed by atoms with Crippen LogP contribution in [0.25, 0.3) is 0 Å². The lowest BCUT2D eigenvalue weighted by Gasteiger charge is -2.26. The van der Waals surface area contributed by atoms with E-state index in [0.29, 0.717) is 36.1 Å². The first-order valence-electron chi connectivity index (χ1n) is 10.4. The normalized spacial score (nSPS) is 15.8. The Kier molecular flexibility index (Phi) is 8.89. The van der Waals surface area contributed by atoms with Gasteiger partial charge < -0.3 is 14.8 Å². The second-order valence-electron chi connectivity index (χ2n) is 7.41. The highest BCUT2D eigenvalue weighted by atomic mass is 35.5. The molecule has 1 aliphatic rings. The van der Waals surface area contributed by atoms with Crippen LogP contribution in [0.4, 0.5) is 0 Å². The molecule has 2 aromatic rings. The van der Waals surface area contributed by atoms with Gasteiger partial charge in [0.05, 0.1) is 31.3 Å². The van der Waals surface area contributed by atoms with Crippen molar-refractivity contribution in [2.45, 2.75) is 17.4 Å². The summed E-state index contributed by atoms with van der Waals surface area (Å²) in [5.74, 6) is 0.404. The van der Waals surface area contributed by atoms with E-state index in [1.165, 1.54) is 24.3 Å². The lowest BCUT2D eigenvalue weighted by atomic mass is 10.0. The molecule has 0 spiro atoms. The van der Waals surface area contributed by atoms with Crippen molar-refractivity contribution < 1.29 is 22.7 Å². The van der Waals surface area contributed by atoms with E-state index >= 15 is 0 Å². The quantitative estimate of drug-likeness (QED) is 0.540. The zero-order valence-corrected chi connectivity index (χ0v) is 19.5. The molecule has 2 aromatic carbocycles. The van der Waals surface area contributed by atoms with Crippen molar-refractivity contribution in [2.24, 2.45) is 0 Å². The molecule has 0 bridgehead atoms. The number of nitrogens with one attached hydrogen (secondary N) is 2. The monoisotopic (exact) mass is 481 g/mol. The summed E-state index contributed by atoms with van der Waals surface area (Å²) in [6.07, 6.45) is -0.0394. The maximum atomic E-state index is 12.9. The van der Waals surface area contributed by atoms with E-state index in [2.05, 4.69) is 14.9 Å². The number of carbonyl (C=O) groups excluding carboxylic acids is 1. The number of rotatable bonds is 10. The summed E-state index contributed by atoms with van der Waals surface area (Å²) < 4.78 is 39.0. The van der Waals surface area contributed by atoms with Gasteiger partial charge in [-0.15, -0.1) is 0 Å². The van der Waals surface area contributed by atoms with E-state index in [1.54, 1.807) is 31.4 Å². The average Bonchev–Trinajstić information content (AvgIpc) is 2.79. The van der Waals surface area contributed by atoms with Crippen LogP contribution in [0.15, 0.2) is 53.4 Å². The lowest BCUT2D eigenvalue weighted by Crippen LogP contribution is -2.42. The minimum atomic E-state index is -3.87. The first-order valence-corrected chi connectivity index (χ1v) is 12.2. The van der Waals surface area contributed by atoms with Gasteiger partial charge in [0, 0.05) is 37.6 Å². The molecular formula is C22H28ClN3O5S. The van der Waals surface area contributed by atoms with Crippen LogP contribution in [-0.4, -0.2) is 65.7 Å². The number of halogens is 1. The molecule has 1 atom stereocenters. The summed E-state index contributed by atoms with van der Waals surface area (Å²) in [6, 6.07) is 12.1. The molecule has 32 heavy (non-hydrogen) atoms. The number of carbonyl (C=O) groups is 1. The molecule has 2 N–H and O–H groups in total. The van der Waals surface area contributed by atoms with Crippen molar-refractivity contribution in [1.82, 2.24) is 14.9 Å². The van der Waals surface area contributed by atoms with Crippen LogP contribution in [-0.2, 0) is 19.6 Å². The van der Waals surface area contributed by atoms with Gasteiger partial charge >= 0.3 is 0 Å². The SMILES string of the molecule is COc1ccc([C@H](CC(=O)NCCN2CCOCC2)NS(=O)(=O)c2ccc(Cl)cc2)cc1. The van der Waals surface area contributed by atoms with Crippen LogP contribution < -0.4 is 14.8 Å². The standard InChI is InChI=1S/C22H28ClN3O5S/c1-30-19-6-2-17(3-7-19)21(25-32(28,29)20-8-4-18(23)5-9-20)16-22(27)24-10-11-26-12-14-31-15-13-26/h2-9,21,25H,10-16H2,1H3,(H,24,27)/t21-/m0/s1. The highest BCUT2D eigenvalue weighted by Crippen LogP contribution is 2.23.